The van der Waals surface area contributed by atoms with Gasteiger partial charge in [0, 0.05) is 17.7 Å². The maximum atomic E-state index is 13.0. The molecule has 8 heteroatoms. The minimum Gasteiger partial charge on any atom is -0.490 e. The number of benzene rings is 1. The normalized spacial score (nSPS) is 20.9. The van der Waals surface area contributed by atoms with E-state index >= 15 is 0 Å². The third kappa shape index (κ3) is 7.25. The van der Waals surface area contributed by atoms with Gasteiger partial charge in [0.05, 0.1) is 24.4 Å². The summed E-state index contributed by atoms with van der Waals surface area (Å²) in [7, 11) is 0. The van der Waals surface area contributed by atoms with Gasteiger partial charge in [-0.1, -0.05) is 15.9 Å². The fourth-order valence-electron chi connectivity index (χ4n) is 3.03. The van der Waals surface area contributed by atoms with Crippen LogP contribution in [0, 0.1) is 0 Å². The summed E-state index contributed by atoms with van der Waals surface area (Å²) in [6.45, 7) is 5.30. The van der Waals surface area contributed by atoms with Crippen molar-refractivity contribution in [2.45, 2.75) is 64.2 Å². The maximum absolute atomic E-state index is 13.0. The van der Waals surface area contributed by atoms with Gasteiger partial charge in [-0.25, -0.2) is 0 Å². The zero-order valence-corrected chi connectivity index (χ0v) is 17.1. The Balaban J connectivity index is 1.81. The molecule has 0 radical (unpaired) electrons. The molecule has 1 fully saturated rings. The molecule has 1 aliphatic rings. The van der Waals surface area contributed by atoms with Crippen LogP contribution in [0.1, 0.15) is 45.1 Å². The van der Waals surface area contributed by atoms with Crippen LogP contribution in [0.4, 0.5) is 13.2 Å². The fraction of sp³-hybridized carbons (Fsp3) is 0.684. The lowest BCUT2D eigenvalue weighted by Gasteiger charge is -2.30. The molecule has 0 bridgehead atoms. The van der Waals surface area contributed by atoms with Crippen LogP contribution in [-0.4, -0.2) is 38.3 Å². The zero-order chi connectivity index (χ0) is 19.9. The molecule has 0 saturated heterocycles. The molecule has 0 N–H and O–H groups in total. The first kappa shape index (κ1) is 22.5. The second-order valence-electron chi connectivity index (χ2n) is 6.33. The van der Waals surface area contributed by atoms with Crippen molar-refractivity contribution in [2.24, 2.45) is 0 Å². The van der Waals surface area contributed by atoms with Gasteiger partial charge in [0.25, 0.3) is 0 Å². The Kier molecular flexibility index (Phi) is 8.85. The maximum Gasteiger partial charge on any atom is 0.417 e. The van der Waals surface area contributed by atoms with Crippen molar-refractivity contribution in [3.63, 3.8) is 0 Å². The van der Waals surface area contributed by atoms with Gasteiger partial charge in [0.15, 0.2) is 6.29 Å². The van der Waals surface area contributed by atoms with Crippen LogP contribution in [0.3, 0.4) is 0 Å². The molecule has 0 spiro atoms. The van der Waals surface area contributed by atoms with Crippen molar-refractivity contribution in [3.8, 4) is 5.75 Å². The van der Waals surface area contributed by atoms with Gasteiger partial charge in [-0.2, -0.15) is 13.2 Å². The van der Waals surface area contributed by atoms with Crippen LogP contribution < -0.4 is 4.74 Å². The SMILES string of the molecule is CCOC(COC1CCC(Oc2ccc(Br)c(C(F)(F)F)c2)CC1)OCC. The fourth-order valence-corrected chi connectivity index (χ4v) is 3.51. The number of rotatable bonds is 9. The number of alkyl halides is 3. The van der Waals surface area contributed by atoms with Crippen LogP contribution in [0.2, 0.25) is 0 Å². The summed E-state index contributed by atoms with van der Waals surface area (Å²) in [6.07, 6.45) is -1.76. The molecule has 0 aromatic heterocycles. The minimum absolute atomic E-state index is 0.0117. The zero-order valence-electron chi connectivity index (χ0n) is 15.6. The lowest BCUT2D eigenvalue weighted by molar-refractivity contribution is -0.179. The highest BCUT2D eigenvalue weighted by Gasteiger charge is 2.33. The van der Waals surface area contributed by atoms with E-state index in [0.717, 1.165) is 31.7 Å². The molecule has 1 saturated carbocycles. The van der Waals surface area contributed by atoms with E-state index in [1.807, 2.05) is 13.8 Å². The first-order valence-corrected chi connectivity index (χ1v) is 10.0. The third-order valence-corrected chi connectivity index (χ3v) is 5.03. The van der Waals surface area contributed by atoms with Crippen LogP contribution >= 0.6 is 15.9 Å². The molecule has 1 aromatic rings. The summed E-state index contributed by atoms with van der Waals surface area (Å²) in [6, 6.07) is 3.96. The average molecular weight is 455 g/mol. The number of halogens is 4. The van der Waals surface area contributed by atoms with E-state index in [9.17, 15) is 13.2 Å². The van der Waals surface area contributed by atoms with Gasteiger partial charge in [0.2, 0.25) is 0 Å². The van der Waals surface area contributed by atoms with Crippen LogP contribution in [0.15, 0.2) is 22.7 Å². The average Bonchev–Trinajstić information content (AvgIpc) is 2.62. The summed E-state index contributed by atoms with van der Waals surface area (Å²) < 4.78 is 61.5. The molecule has 1 aromatic carbocycles. The molecule has 0 aliphatic heterocycles. The van der Waals surface area contributed by atoms with Gasteiger partial charge in [-0.05, 0) is 57.7 Å². The largest absolute Gasteiger partial charge is 0.490 e. The Bertz CT molecular complexity index is 569. The molecule has 2 rings (SSSR count). The van der Waals surface area contributed by atoms with Crippen LogP contribution in [0.25, 0.3) is 0 Å². The topological polar surface area (TPSA) is 36.9 Å². The second-order valence-corrected chi connectivity index (χ2v) is 7.18. The highest BCUT2D eigenvalue weighted by molar-refractivity contribution is 9.10. The molecule has 154 valence electrons. The van der Waals surface area contributed by atoms with Crippen molar-refractivity contribution >= 4 is 15.9 Å². The summed E-state index contributed by atoms with van der Waals surface area (Å²) in [5.74, 6) is 0.239. The quantitative estimate of drug-likeness (QED) is 0.456. The first-order valence-electron chi connectivity index (χ1n) is 9.21. The van der Waals surface area contributed by atoms with Crippen molar-refractivity contribution < 1.29 is 32.1 Å². The van der Waals surface area contributed by atoms with E-state index in [1.54, 1.807) is 6.07 Å². The van der Waals surface area contributed by atoms with Gasteiger partial charge in [-0.3, -0.25) is 0 Å². The molecule has 0 atom stereocenters. The number of ether oxygens (including phenoxy) is 4. The summed E-state index contributed by atoms with van der Waals surface area (Å²) in [4.78, 5) is 0. The molecule has 0 heterocycles. The highest BCUT2D eigenvalue weighted by Crippen LogP contribution is 2.37. The number of hydrogen-bond donors (Lipinski definition) is 0. The van der Waals surface area contributed by atoms with E-state index in [4.69, 9.17) is 18.9 Å². The van der Waals surface area contributed by atoms with Gasteiger partial charge in [0.1, 0.15) is 5.75 Å². The summed E-state index contributed by atoms with van der Waals surface area (Å²) in [5, 5.41) is 0. The Morgan fingerprint density at radius 1 is 1.04 bits per heavy atom. The predicted octanol–water partition coefficient (Wildman–Crippen LogP) is 5.57. The van der Waals surface area contributed by atoms with Gasteiger partial charge >= 0.3 is 6.18 Å². The van der Waals surface area contributed by atoms with Gasteiger partial charge in [-0.15, -0.1) is 0 Å². The lowest BCUT2D eigenvalue weighted by Crippen LogP contribution is -2.32. The Morgan fingerprint density at radius 2 is 1.63 bits per heavy atom. The van der Waals surface area contributed by atoms with Crippen molar-refractivity contribution in [1.29, 1.82) is 0 Å². The molecule has 0 unspecified atom stereocenters. The molecule has 1 aliphatic carbocycles. The van der Waals surface area contributed by atoms with E-state index in [1.165, 1.54) is 6.07 Å². The van der Waals surface area contributed by atoms with Crippen LogP contribution in [0.5, 0.6) is 5.75 Å². The molecular formula is C19H26BrF3O4. The van der Waals surface area contributed by atoms with Crippen LogP contribution in [-0.2, 0) is 20.4 Å². The summed E-state index contributed by atoms with van der Waals surface area (Å²) >= 11 is 2.94. The van der Waals surface area contributed by atoms with E-state index < -0.39 is 11.7 Å². The second kappa shape index (κ2) is 10.6. The molecule has 4 nitrogen and oxygen atoms in total. The standard InChI is InChI=1S/C19H26BrF3O4/c1-3-24-18(25-4-2)12-26-13-5-7-14(8-6-13)27-15-9-10-17(20)16(11-15)19(21,22)23/h9-11,13-14,18H,3-8,12H2,1-2H3. The van der Waals surface area contributed by atoms with E-state index in [-0.39, 0.29) is 28.7 Å². The predicted molar refractivity (Wildman–Crippen MR) is 98.8 cm³/mol. The smallest absolute Gasteiger partial charge is 0.417 e. The third-order valence-electron chi connectivity index (χ3n) is 4.34. The minimum atomic E-state index is -4.42. The molecular weight excluding hydrogens is 429 g/mol. The Morgan fingerprint density at radius 3 is 2.19 bits per heavy atom. The Hall–Kier alpha value is -0.830. The monoisotopic (exact) mass is 454 g/mol. The highest BCUT2D eigenvalue weighted by atomic mass is 79.9. The van der Waals surface area contributed by atoms with E-state index in [2.05, 4.69) is 15.9 Å². The molecule has 27 heavy (non-hydrogen) atoms. The lowest BCUT2D eigenvalue weighted by atomic mass is 9.95. The van der Waals surface area contributed by atoms with Gasteiger partial charge < -0.3 is 18.9 Å². The van der Waals surface area contributed by atoms with Crippen molar-refractivity contribution in [1.82, 2.24) is 0 Å². The Labute approximate surface area is 166 Å². The number of hydrogen-bond acceptors (Lipinski definition) is 4. The first-order chi connectivity index (χ1) is 12.8. The van der Waals surface area contributed by atoms with Crippen molar-refractivity contribution in [3.05, 3.63) is 28.2 Å². The molecule has 0 amide bonds. The summed E-state index contributed by atoms with van der Waals surface area (Å²) in [5.41, 5.74) is -0.727. The van der Waals surface area contributed by atoms with E-state index in [0.29, 0.717) is 19.8 Å². The van der Waals surface area contributed by atoms with Crippen molar-refractivity contribution in [2.75, 3.05) is 19.8 Å².